The molecule has 0 N–H and O–H groups in total. The van der Waals surface area contributed by atoms with Crippen molar-refractivity contribution in [3.63, 3.8) is 0 Å². The molecule has 22 heavy (non-hydrogen) atoms. The number of unbranched alkanes of at least 4 members (excludes halogenated alkanes) is 7. The zero-order valence-electron chi connectivity index (χ0n) is 13.3. The van der Waals surface area contributed by atoms with Crippen LogP contribution in [0.5, 0.6) is 0 Å². The summed E-state index contributed by atoms with van der Waals surface area (Å²) in [6.07, 6.45) is 10.6. The minimum atomic E-state index is 0.630. The van der Waals surface area contributed by atoms with Gasteiger partial charge in [0.1, 0.15) is 0 Å². The largest absolute Gasteiger partial charge is 0.481 e. The van der Waals surface area contributed by atoms with E-state index in [1.54, 1.807) is 57.4 Å². The fourth-order valence-corrected chi connectivity index (χ4v) is 5.83. The molecule has 0 unspecified atom stereocenters. The first-order chi connectivity index (χ1) is 10.7. The van der Waals surface area contributed by atoms with E-state index >= 15 is 0 Å². The molecule has 0 aliphatic carbocycles. The third kappa shape index (κ3) is 17.5. The lowest BCUT2D eigenvalue weighted by Crippen LogP contribution is -1.88. The molecular formula is C14H26O2S6. The fraction of sp³-hybridized carbons (Fsp3) is 0.857. The molecule has 8 heteroatoms. The summed E-state index contributed by atoms with van der Waals surface area (Å²) in [6, 6.07) is 0. The second-order valence-corrected chi connectivity index (χ2v) is 10.6. The third-order valence-electron chi connectivity index (χ3n) is 2.79. The Morgan fingerprint density at radius 3 is 1.27 bits per heavy atom. The summed E-state index contributed by atoms with van der Waals surface area (Å²) in [7, 11) is 9.98. The second kappa shape index (κ2) is 18.5. The van der Waals surface area contributed by atoms with Crippen LogP contribution in [-0.2, 0) is 9.47 Å². The standard InChI is InChI=1S/C14H26O2S6/c1-15-13(17)21-19-11-9-7-5-3-4-6-8-10-12-20-22-14(18)16-2/h3-12H2,1-2H3. The maximum atomic E-state index is 4.97. The summed E-state index contributed by atoms with van der Waals surface area (Å²) in [4.78, 5) is 0. The lowest BCUT2D eigenvalue weighted by atomic mass is 10.1. The maximum absolute atomic E-state index is 4.97. The SMILES string of the molecule is COC(=S)SSCCCCCCCCCCSSC(=S)OC. The Morgan fingerprint density at radius 2 is 0.955 bits per heavy atom. The predicted octanol–water partition coefficient (Wildman–Crippen LogP) is 6.73. The van der Waals surface area contributed by atoms with Crippen molar-refractivity contribution in [1.82, 2.24) is 0 Å². The van der Waals surface area contributed by atoms with E-state index in [0.717, 1.165) is 11.5 Å². The molecule has 0 saturated carbocycles. The van der Waals surface area contributed by atoms with Gasteiger partial charge in [0.15, 0.2) is 0 Å². The Balaban J connectivity index is 3.05. The monoisotopic (exact) mass is 418 g/mol. The minimum Gasteiger partial charge on any atom is -0.481 e. The van der Waals surface area contributed by atoms with Crippen LogP contribution >= 0.6 is 67.6 Å². The molecule has 0 aliphatic heterocycles. The Kier molecular flexibility index (Phi) is 19.5. The van der Waals surface area contributed by atoms with Crippen LogP contribution in [0.1, 0.15) is 51.4 Å². The lowest BCUT2D eigenvalue weighted by molar-refractivity contribution is 0.426. The number of methoxy groups -OCH3 is 2. The van der Waals surface area contributed by atoms with Crippen molar-refractivity contribution in [3.05, 3.63) is 0 Å². The van der Waals surface area contributed by atoms with E-state index in [-0.39, 0.29) is 0 Å². The zero-order valence-corrected chi connectivity index (χ0v) is 18.2. The van der Waals surface area contributed by atoms with Crippen molar-refractivity contribution in [2.75, 3.05) is 25.7 Å². The molecule has 2 nitrogen and oxygen atoms in total. The van der Waals surface area contributed by atoms with Crippen molar-refractivity contribution in [2.24, 2.45) is 0 Å². The second-order valence-electron chi connectivity index (χ2n) is 4.55. The molecule has 0 aromatic rings. The molecule has 0 bridgehead atoms. The van der Waals surface area contributed by atoms with E-state index in [0.29, 0.717) is 8.77 Å². The van der Waals surface area contributed by atoms with Gasteiger partial charge in [0.2, 0.25) is 8.77 Å². The van der Waals surface area contributed by atoms with E-state index in [1.807, 2.05) is 0 Å². The first-order valence-electron chi connectivity index (χ1n) is 7.45. The number of thiocarbonyl (C=S) groups is 2. The molecule has 0 saturated heterocycles. The Hall–Kier alpha value is 1.18. The minimum absolute atomic E-state index is 0.630. The average molecular weight is 419 g/mol. The summed E-state index contributed by atoms with van der Waals surface area (Å²) in [5.41, 5.74) is 0. The highest BCUT2D eigenvalue weighted by Crippen LogP contribution is 2.26. The quantitative estimate of drug-likeness (QED) is 0.184. The number of hydrogen-bond acceptors (Lipinski definition) is 8. The topological polar surface area (TPSA) is 18.5 Å². The van der Waals surface area contributed by atoms with Gasteiger partial charge in [-0.15, -0.1) is 0 Å². The van der Waals surface area contributed by atoms with Crippen molar-refractivity contribution >= 4 is 76.4 Å². The van der Waals surface area contributed by atoms with E-state index < -0.39 is 0 Å². The smallest absolute Gasteiger partial charge is 0.230 e. The van der Waals surface area contributed by atoms with Crippen LogP contribution in [0.3, 0.4) is 0 Å². The van der Waals surface area contributed by atoms with Gasteiger partial charge in [-0.3, -0.25) is 0 Å². The molecule has 0 radical (unpaired) electrons. The molecule has 0 aliphatic rings. The molecule has 0 aromatic heterocycles. The van der Waals surface area contributed by atoms with Gasteiger partial charge in [-0.2, -0.15) is 0 Å². The molecule has 0 spiro atoms. The molecule has 0 amide bonds. The highest BCUT2D eigenvalue weighted by atomic mass is 33.1. The summed E-state index contributed by atoms with van der Waals surface area (Å²) in [5, 5.41) is 0. The van der Waals surface area contributed by atoms with E-state index in [4.69, 9.17) is 33.9 Å². The summed E-state index contributed by atoms with van der Waals surface area (Å²) >= 11 is 9.93. The van der Waals surface area contributed by atoms with E-state index in [1.165, 1.54) is 51.4 Å². The van der Waals surface area contributed by atoms with Crippen molar-refractivity contribution in [3.8, 4) is 0 Å². The van der Waals surface area contributed by atoms with Gasteiger partial charge in [0.25, 0.3) is 0 Å². The predicted molar refractivity (Wildman–Crippen MR) is 116 cm³/mol. The van der Waals surface area contributed by atoms with Gasteiger partial charge in [0, 0.05) is 11.5 Å². The molecule has 0 atom stereocenters. The van der Waals surface area contributed by atoms with Gasteiger partial charge in [-0.1, -0.05) is 60.1 Å². The molecular weight excluding hydrogens is 393 g/mol. The van der Waals surface area contributed by atoms with Crippen LogP contribution in [0.15, 0.2) is 0 Å². The highest BCUT2D eigenvalue weighted by molar-refractivity contribution is 8.83. The van der Waals surface area contributed by atoms with Crippen LogP contribution in [0.2, 0.25) is 0 Å². The number of rotatable bonds is 13. The highest BCUT2D eigenvalue weighted by Gasteiger charge is 1.98. The molecule has 0 fully saturated rings. The molecule has 0 aromatic carbocycles. The van der Waals surface area contributed by atoms with Crippen LogP contribution in [0.4, 0.5) is 0 Å². The fourth-order valence-electron chi connectivity index (χ4n) is 1.63. The average Bonchev–Trinajstić information content (AvgIpc) is 2.54. The van der Waals surface area contributed by atoms with E-state index in [9.17, 15) is 0 Å². The van der Waals surface area contributed by atoms with Gasteiger partial charge in [-0.05, 0) is 58.9 Å². The van der Waals surface area contributed by atoms with Gasteiger partial charge < -0.3 is 9.47 Å². The van der Waals surface area contributed by atoms with Gasteiger partial charge in [0.05, 0.1) is 14.2 Å². The van der Waals surface area contributed by atoms with Crippen molar-refractivity contribution in [2.45, 2.75) is 51.4 Å². The maximum Gasteiger partial charge on any atom is 0.230 e. The Labute approximate surface area is 162 Å². The van der Waals surface area contributed by atoms with Crippen LogP contribution in [0.25, 0.3) is 0 Å². The van der Waals surface area contributed by atoms with E-state index in [2.05, 4.69) is 0 Å². The molecule has 0 rings (SSSR count). The summed E-state index contributed by atoms with van der Waals surface area (Å²) in [6.45, 7) is 0. The van der Waals surface area contributed by atoms with Gasteiger partial charge >= 0.3 is 0 Å². The van der Waals surface area contributed by atoms with Crippen LogP contribution < -0.4 is 0 Å². The summed E-state index contributed by atoms with van der Waals surface area (Å²) < 4.78 is 11.1. The third-order valence-corrected chi connectivity index (χ3v) is 8.63. The lowest BCUT2D eigenvalue weighted by Gasteiger charge is -2.03. The van der Waals surface area contributed by atoms with Crippen molar-refractivity contribution in [1.29, 1.82) is 0 Å². The summed E-state index contributed by atoms with van der Waals surface area (Å²) in [5.74, 6) is 2.32. The van der Waals surface area contributed by atoms with Crippen LogP contribution in [-0.4, -0.2) is 34.5 Å². The zero-order chi connectivity index (χ0) is 16.5. The molecule has 0 heterocycles. The first-order valence-corrected chi connectivity index (χ1v) is 12.9. The first kappa shape index (κ1) is 23.2. The Bertz CT molecular complexity index is 261. The van der Waals surface area contributed by atoms with Crippen molar-refractivity contribution < 1.29 is 9.47 Å². The number of hydrogen-bond donors (Lipinski definition) is 0. The Morgan fingerprint density at radius 1 is 0.636 bits per heavy atom. The van der Waals surface area contributed by atoms with Crippen LogP contribution in [0, 0.1) is 0 Å². The normalized spacial score (nSPS) is 10.5. The molecule has 130 valence electrons. The van der Waals surface area contributed by atoms with Gasteiger partial charge in [-0.25, -0.2) is 0 Å². The number of ether oxygens (including phenoxy) is 2.